The van der Waals surface area contributed by atoms with E-state index in [1.165, 1.54) is 0 Å². The SMILES string of the molecule is COc1ccc(C(=O)N2CC3CN(c4cnc(-c5ccccc5)cn4)CC3C2)cn1. The van der Waals surface area contributed by atoms with Gasteiger partial charge in [0.15, 0.2) is 0 Å². The number of benzene rings is 1. The lowest BCUT2D eigenvalue weighted by Crippen LogP contribution is -2.33. The van der Waals surface area contributed by atoms with E-state index in [4.69, 9.17) is 4.74 Å². The van der Waals surface area contributed by atoms with Crippen molar-refractivity contribution < 1.29 is 9.53 Å². The molecule has 0 bridgehead atoms. The first-order chi connectivity index (χ1) is 14.7. The second kappa shape index (κ2) is 7.74. The van der Waals surface area contributed by atoms with Crippen LogP contribution in [0.15, 0.2) is 61.1 Å². The molecule has 2 saturated heterocycles. The number of methoxy groups -OCH3 is 1. The molecule has 30 heavy (non-hydrogen) atoms. The van der Waals surface area contributed by atoms with E-state index in [1.807, 2.05) is 47.6 Å². The van der Waals surface area contributed by atoms with Gasteiger partial charge >= 0.3 is 0 Å². The van der Waals surface area contributed by atoms with Crippen molar-refractivity contribution in [2.24, 2.45) is 11.8 Å². The molecule has 0 N–H and O–H groups in total. The number of nitrogens with zero attached hydrogens (tertiary/aromatic N) is 5. The molecule has 2 fully saturated rings. The van der Waals surface area contributed by atoms with Crippen LogP contribution in [0.3, 0.4) is 0 Å². The number of fused-ring (bicyclic) bond motifs is 1. The van der Waals surface area contributed by atoms with Crippen LogP contribution in [0.25, 0.3) is 11.3 Å². The summed E-state index contributed by atoms with van der Waals surface area (Å²) in [6.07, 6.45) is 5.28. The van der Waals surface area contributed by atoms with E-state index in [0.717, 1.165) is 43.3 Å². The average Bonchev–Trinajstić information content (AvgIpc) is 3.39. The van der Waals surface area contributed by atoms with E-state index in [0.29, 0.717) is 23.3 Å². The third-order valence-electron chi connectivity index (χ3n) is 6.00. The first-order valence-corrected chi connectivity index (χ1v) is 10.1. The molecule has 4 heterocycles. The highest BCUT2D eigenvalue weighted by atomic mass is 16.5. The molecule has 2 aromatic heterocycles. The normalized spacial score (nSPS) is 20.3. The molecule has 1 aromatic carbocycles. The summed E-state index contributed by atoms with van der Waals surface area (Å²) >= 11 is 0. The average molecular weight is 401 g/mol. The Kier molecular flexibility index (Phi) is 4.78. The maximum Gasteiger partial charge on any atom is 0.255 e. The maximum atomic E-state index is 12.8. The highest BCUT2D eigenvalue weighted by Crippen LogP contribution is 2.34. The Hall–Kier alpha value is -3.48. The molecule has 5 rings (SSSR count). The molecule has 7 heteroatoms. The predicted molar refractivity (Wildman–Crippen MR) is 113 cm³/mol. The van der Waals surface area contributed by atoms with Crippen molar-refractivity contribution in [3.63, 3.8) is 0 Å². The molecule has 0 radical (unpaired) electrons. The van der Waals surface area contributed by atoms with Crippen LogP contribution in [0.1, 0.15) is 10.4 Å². The summed E-state index contributed by atoms with van der Waals surface area (Å²) in [5.74, 6) is 2.37. The monoisotopic (exact) mass is 401 g/mol. The lowest BCUT2D eigenvalue weighted by atomic mass is 10.0. The van der Waals surface area contributed by atoms with Crippen LogP contribution in [-0.4, -0.2) is 59.0 Å². The third kappa shape index (κ3) is 3.47. The molecule has 2 aliphatic heterocycles. The van der Waals surface area contributed by atoms with Gasteiger partial charge in [-0.3, -0.25) is 9.78 Å². The smallest absolute Gasteiger partial charge is 0.255 e. The lowest BCUT2D eigenvalue weighted by molar-refractivity contribution is 0.0782. The molecule has 2 aliphatic rings. The second-order valence-corrected chi connectivity index (χ2v) is 7.85. The van der Waals surface area contributed by atoms with Crippen LogP contribution in [0.4, 0.5) is 5.82 Å². The largest absolute Gasteiger partial charge is 0.481 e. The van der Waals surface area contributed by atoms with Gasteiger partial charge in [-0.05, 0) is 6.07 Å². The standard InChI is InChI=1S/C23H23N5O2/c1-30-22-8-7-17(9-26-22)23(29)28-14-18-12-27(13-19(18)15-28)21-11-24-20(10-25-21)16-5-3-2-4-6-16/h2-11,18-19H,12-15H2,1H3. The van der Waals surface area contributed by atoms with Gasteiger partial charge in [0, 0.05) is 55.8 Å². The van der Waals surface area contributed by atoms with Crippen molar-refractivity contribution in [3.8, 4) is 17.1 Å². The summed E-state index contributed by atoms with van der Waals surface area (Å²) in [5.41, 5.74) is 2.55. The minimum Gasteiger partial charge on any atom is -0.481 e. The fraction of sp³-hybridized carbons (Fsp3) is 0.304. The number of rotatable bonds is 4. The number of likely N-dealkylation sites (tertiary alicyclic amines) is 1. The molecule has 1 amide bonds. The number of aromatic nitrogens is 3. The van der Waals surface area contributed by atoms with E-state index in [-0.39, 0.29) is 5.91 Å². The topological polar surface area (TPSA) is 71.5 Å². The van der Waals surface area contributed by atoms with Crippen LogP contribution in [-0.2, 0) is 0 Å². The fourth-order valence-electron chi connectivity index (χ4n) is 4.40. The molecule has 3 aromatic rings. The van der Waals surface area contributed by atoms with Gasteiger partial charge in [0.25, 0.3) is 5.91 Å². The quantitative estimate of drug-likeness (QED) is 0.670. The number of carbonyl (C=O) groups excluding carboxylic acids is 1. The summed E-state index contributed by atoms with van der Waals surface area (Å²) in [6.45, 7) is 3.33. The Bertz CT molecular complexity index is 1010. The lowest BCUT2D eigenvalue weighted by Gasteiger charge is -2.22. The van der Waals surface area contributed by atoms with Gasteiger partial charge in [-0.1, -0.05) is 30.3 Å². The zero-order valence-corrected chi connectivity index (χ0v) is 16.8. The van der Waals surface area contributed by atoms with Gasteiger partial charge < -0.3 is 14.5 Å². The second-order valence-electron chi connectivity index (χ2n) is 7.85. The van der Waals surface area contributed by atoms with Gasteiger partial charge in [-0.2, -0.15) is 0 Å². The van der Waals surface area contributed by atoms with Gasteiger partial charge in [-0.25, -0.2) is 9.97 Å². The Labute approximate surface area is 175 Å². The number of amides is 1. The van der Waals surface area contributed by atoms with Gasteiger partial charge in [0.05, 0.1) is 30.8 Å². The van der Waals surface area contributed by atoms with Crippen molar-refractivity contribution in [2.75, 3.05) is 38.2 Å². The first kappa shape index (κ1) is 18.5. The number of pyridine rings is 1. The number of hydrogen-bond donors (Lipinski definition) is 0. The molecular weight excluding hydrogens is 378 g/mol. The summed E-state index contributed by atoms with van der Waals surface area (Å²) < 4.78 is 5.07. The van der Waals surface area contributed by atoms with Gasteiger partial charge in [0.2, 0.25) is 5.88 Å². The molecule has 2 unspecified atom stereocenters. The van der Waals surface area contributed by atoms with Gasteiger partial charge in [-0.15, -0.1) is 0 Å². The summed E-state index contributed by atoms with van der Waals surface area (Å²) in [4.78, 5) is 30.4. The molecule has 2 atom stereocenters. The van der Waals surface area contributed by atoms with Crippen molar-refractivity contribution in [1.82, 2.24) is 19.9 Å². The summed E-state index contributed by atoms with van der Waals surface area (Å²) in [6, 6.07) is 13.6. The van der Waals surface area contributed by atoms with Crippen LogP contribution < -0.4 is 9.64 Å². The maximum absolute atomic E-state index is 12.8. The number of anilines is 1. The molecule has 0 spiro atoms. The van der Waals surface area contributed by atoms with Crippen LogP contribution >= 0.6 is 0 Å². The van der Waals surface area contributed by atoms with E-state index < -0.39 is 0 Å². The van der Waals surface area contributed by atoms with E-state index in [2.05, 4.69) is 19.9 Å². The number of ether oxygens (including phenoxy) is 1. The van der Waals surface area contributed by atoms with E-state index in [9.17, 15) is 4.79 Å². The minimum absolute atomic E-state index is 0.0399. The van der Waals surface area contributed by atoms with E-state index in [1.54, 1.807) is 25.4 Å². The first-order valence-electron chi connectivity index (χ1n) is 10.1. The van der Waals surface area contributed by atoms with Crippen LogP contribution in [0, 0.1) is 11.8 Å². The molecule has 0 saturated carbocycles. The van der Waals surface area contributed by atoms with Crippen LogP contribution in [0.2, 0.25) is 0 Å². The Morgan fingerprint density at radius 1 is 0.900 bits per heavy atom. The van der Waals surface area contributed by atoms with Crippen molar-refractivity contribution in [1.29, 1.82) is 0 Å². The minimum atomic E-state index is 0.0399. The zero-order chi connectivity index (χ0) is 20.5. The summed E-state index contributed by atoms with van der Waals surface area (Å²) in [5, 5.41) is 0. The third-order valence-corrected chi connectivity index (χ3v) is 6.00. The Balaban J connectivity index is 1.22. The Morgan fingerprint density at radius 3 is 2.27 bits per heavy atom. The zero-order valence-electron chi connectivity index (χ0n) is 16.8. The number of carbonyl (C=O) groups is 1. The highest BCUT2D eigenvalue weighted by Gasteiger charge is 2.42. The highest BCUT2D eigenvalue weighted by molar-refractivity contribution is 5.94. The predicted octanol–water partition coefficient (Wildman–Crippen LogP) is 2.76. The van der Waals surface area contributed by atoms with Crippen molar-refractivity contribution >= 4 is 11.7 Å². The molecule has 7 nitrogen and oxygen atoms in total. The molecule has 152 valence electrons. The van der Waals surface area contributed by atoms with E-state index >= 15 is 0 Å². The Morgan fingerprint density at radius 2 is 1.67 bits per heavy atom. The van der Waals surface area contributed by atoms with Crippen molar-refractivity contribution in [3.05, 3.63) is 66.6 Å². The van der Waals surface area contributed by atoms with Gasteiger partial charge in [0.1, 0.15) is 5.82 Å². The fourth-order valence-corrected chi connectivity index (χ4v) is 4.40. The van der Waals surface area contributed by atoms with Crippen molar-refractivity contribution in [2.45, 2.75) is 0 Å². The summed E-state index contributed by atoms with van der Waals surface area (Å²) in [7, 11) is 1.57. The molecular formula is C23H23N5O2. The number of hydrogen-bond acceptors (Lipinski definition) is 6. The van der Waals surface area contributed by atoms with Crippen LogP contribution in [0.5, 0.6) is 5.88 Å². The molecule has 0 aliphatic carbocycles.